The first-order valence-corrected chi connectivity index (χ1v) is 9.38. The van der Waals surface area contributed by atoms with Gasteiger partial charge in [-0.1, -0.05) is 0 Å². The molecule has 2 aromatic rings. The molecule has 2 amide bonds. The summed E-state index contributed by atoms with van der Waals surface area (Å²) in [5, 5.41) is 10.4. The second-order valence-corrected chi connectivity index (χ2v) is 6.69. The van der Waals surface area contributed by atoms with Crippen molar-refractivity contribution in [3.05, 3.63) is 23.9 Å². The molecule has 10 heteroatoms. The Kier molecular flexibility index (Phi) is 6.41. The van der Waals surface area contributed by atoms with Crippen molar-refractivity contribution in [2.75, 3.05) is 51.9 Å². The van der Waals surface area contributed by atoms with Crippen LogP contribution in [0.15, 0.2) is 18.3 Å². The second-order valence-electron chi connectivity index (χ2n) is 6.69. The fraction of sp³-hybridized carbons (Fsp3) is 0.400. The summed E-state index contributed by atoms with van der Waals surface area (Å²) in [5.41, 5.74) is 6.79. The van der Waals surface area contributed by atoms with Gasteiger partial charge >= 0.3 is 6.09 Å². The number of methoxy groups -OCH3 is 2. The molecular weight excluding hydrogens is 390 g/mol. The maximum absolute atomic E-state index is 12.3. The summed E-state index contributed by atoms with van der Waals surface area (Å²) in [4.78, 5) is 31.1. The van der Waals surface area contributed by atoms with E-state index in [0.717, 1.165) is 11.1 Å². The zero-order valence-corrected chi connectivity index (χ0v) is 16.9. The summed E-state index contributed by atoms with van der Waals surface area (Å²) in [6, 6.07) is 5.79. The average molecular weight is 413 g/mol. The van der Waals surface area contributed by atoms with Gasteiger partial charge in [-0.15, -0.1) is 0 Å². The maximum Gasteiger partial charge on any atom is 0.405 e. The van der Waals surface area contributed by atoms with Crippen molar-refractivity contribution < 1.29 is 23.8 Å². The molecule has 2 N–H and O–H groups in total. The molecule has 1 fully saturated rings. The lowest BCUT2D eigenvalue weighted by Gasteiger charge is -2.26. The van der Waals surface area contributed by atoms with Crippen molar-refractivity contribution in [3.8, 4) is 17.6 Å². The molecule has 0 radical (unpaired) electrons. The van der Waals surface area contributed by atoms with Crippen LogP contribution in [0.25, 0.3) is 10.9 Å². The molecule has 1 aliphatic rings. The van der Waals surface area contributed by atoms with Gasteiger partial charge in [-0.2, -0.15) is 5.26 Å². The van der Waals surface area contributed by atoms with Gasteiger partial charge in [0.15, 0.2) is 18.1 Å². The van der Waals surface area contributed by atoms with E-state index >= 15 is 0 Å². The van der Waals surface area contributed by atoms with Gasteiger partial charge in [0.25, 0.3) is 5.91 Å². The van der Waals surface area contributed by atoms with E-state index in [-0.39, 0.29) is 12.5 Å². The molecule has 0 bridgehead atoms. The van der Waals surface area contributed by atoms with Crippen LogP contribution >= 0.6 is 0 Å². The lowest BCUT2D eigenvalue weighted by molar-refractivity contribution is -0.134. The predicted octanol–water partition coefficient (Wildman–Crippen LogP) is 1.26. The maximum atomic E-state index is 12.3. The number of benzene rings is 1. The van der Waals surface area contributed by atoms with Gasteiger partial charge in [0.1, 0.15) is 6.07 Å². The van der Waals surface area contributed by atoms with Gasteiger partial charge in [-0.3, -0.25) is 9.78 Å². The molecule has 2 heterocycles. The molecule has 1 saturated heterocycles. The van der Waals surface area contributed by atoms with E-state index in [9.17, 15) is 14.9 Å². The van der Waals surface area contributed by atoms with E-state index in [1.165, 1.54) is 6.20 Å². The van der Waals surface area contributed by atoms with Crippen LogP contribution in [-0.4, -0.2) is 68.9 Å². The molecule has 0 saturated carbocycles. The molecule has 1 aromatic heterocycles. The molecule has 1 aromatic carbocycles. The van der Waals surface area contributed by atoms with Gasteiger partial charge in [-0.05, 0) is 12.5 Å². The minimum atomic E-state index is -0.980. The Morgan fingerprint density at radius 3 is 2.57 bits per heavy atom. The fourth-order valence-electron chi connectivity index (χ4n) is 3.54. The fourth-order valence-corrected chi connectivity index (χ4v) is 3.54. The van der Waals surface area contributed by atoms with Crippen molar-refractivity contribution in [2.45, 2.75) is 6.42 Å². The highest BCUT2D eigenvalue weighted by atomic mass is 16.5. The number of amides is 2. The third-order valence-corrected chi connectivity index (χ3v) is 4.97. The minimum absolute atomic E-state index is 0.304. The van der Waals surface area contributed by atoms with Gasteiger partial charge in [0.05, 0.1) is 31.0 Å². The van der Waals surface area contributed by atoms with Crippen molar-refractivity contribution in [2.24, 2.45) is 5.73 Å². The first-order chi connectivity index (χ1) is 14.5. The van der Waals surface area contributed by atoms with Crippen LogP contribution in [0.2, 0.25) is 0 Å². The molecule has 0 unspecified atom stereocenters. The Morgan fingerprint density at radius 1 is 1.17 bits per heavy atom. The van der Waals surface area contributed by atoms with E-state index < -0.39 is 6.09 Å². The lowest BCUT2D eigenvalue weighted by Crippen LogP contribution is -2.38. The zero-order chi connectivity index (χ0) is 21.7. The van der Waals surface area contributed by atoms with E-state index in [0.29, 0.717) is 55.2 Å². The van der Waals surface area contributed by atoms with Crippen LogP contribution in [0.1, 0.15) is 12.0 Å². The van der Waals surface area contributed by atoms with Crippen LogP contribution in [-0.2, 0) is 9.53 Å². The predicted molar refractivity (Wildman–Crippen MR) is 109 cm³/mol. The van der Waals surface area contributed by atoms with E-state index in [1.807, 2.05) is 6.07 Å². The number of pyridine rings is 1. The molecule has 3 rings (SSSR count). The first-order valence-electron chi connectivity index (χ1n) is 9.38. The molecule has 1 aliphatic heterocycles. The minimum Gasteiger partial charge on any atom is -0.493 e. The molecule has 158 valence electrons. The Bertz CT molecular complexity index is 1000. The second kappa shape index (κ2) is 9.17. The molecule has 10 nitrogen and oxygen atoms in total. The van der Waals surface area contributed by atoms with Gasteiger partial charge in [0, 0.05) is 43.8 Å². The molecule has 0 spiro atoms. The van der Waals surface area contributed by atoms with Crippen molar-refractivity contribution in [3.63, 3.8) is 0 Å². The normalized spacial score (nSPS) is 14.0. The summed E-state index contributed by atoms with van der Waals surface area (Å²) >= 11 is 0. The molecule has 0 atom stereocenters. The number of hydrogen-bond donors (Lipinski definition) is 1. The number of carbonyl (C=O) groups is 2. The third kappa shape index (κ3) is 4.30. The number of anilines is 1. The largest absolute Gasteiger partial charge is 0.493 e. The molecule has 30 heavy (non-hydrogen) atoms. The van der Waals surface area contributed by atoms with Crippen molar-refractivity contribution in [1.29, 1.82) is 5.26 Å². The quantitative estimate of drug-likeness (QED) is 0.775. The van der Waals surface area contributed by atoms with Gasteiger partial charge < -0.3 is 29.7 Å². The summed E-state index contributed by atoms with van der Waals surface area (Å²) in [5.74, 6) is 0.788. The Balaban J connectivity index is 1.92. The molecule has 0 aliphatic carbocycles. The number of rotatable bonds is 5. The lowest BCUT2D eigenvalue weighted by atomic mass is 10.1. The van der Waals surface area contributed by atoms with E-state index in [2.05, 4.69) is 20.7 Å². The number of ether oxygens (including phenoxy) is 3. The molecular formula is C20H23N5O5. The Hall–Kier alpha value is -3.74. The summed E-state index contributed by atoms with van der Waals surface area (Å²) < 4.78 is 15.4. The van der Waals surface area contributed by atoms with Crippen molar-refractivity contribution in [1.82, 2.24) is 9.88 Å². The zero-order valence-electron chi connectivity index (χ0n) is 16.9. The summed E-state index contributed by atoms with van der Waals surface area (Å²) in [6.07, 6.45) is 1.24. The third-order valence-electron chi connectivity index (χ3n) is 4.97. The van der Waals surface area contributed by atoms with Crippen molar-refractivity contribution >= 4 is 28.6 Å². The number of carbonyl (C=O) groups excluding carboxylic acids is 2. The topological polar surface area (TPSA) is 131 Å². The first kappa shape index (κ1) is 21.0. The standard InChI is InChI=1S/C20H23N5O5/c1-28-16-8-14-15(9-17(16)29-2)23-11-13(10-21)19(14)25-5-3-4-24(6-7-25)18(26)12-30-20(22)27/h8-9,11H,3-7,12H2,1-2H3,(H2,22,27). The van der Waals surface area contributed by atoms with Crippen LogP contribution in [0.5, 0.6) is 11.5 Å². The monoisotopic (exact) mass is 413 g/mol. The number of nitrogens with two attached hydrogens (primary N) is 1. The Labute approximate surface area is 173 Å². The number of primary amides is 1. The highest BCUT2D eigenvalue weighted by molar-refractivity contribution is 5.96. The van der Waals surface area contributed by atoms with Crippen LogP contribution in [0, 0.1) is 11.3 Å². The number of aromatic nitrogens is 1. The summed E-state index contributed by atoms with van der Waals surface area (Å²) in [6.45, 7) is 1.70. The van der Waals surface area contributed by atoms with Crippen LogP contribution in [0.4, 0.5) is 10.5 Å². The number of fused-ring (bicyclic) bond motifs is 1. The highest BCUT2D eigenvalue weighted by Crippen LogP contribution is 2.37. The number of nitrogens with zero attached hydrogens (tertiary/aromatic N) is 4. The number of hydrogen-bond acceptors (Lipinski definition) is 8. The SMILES string of the molecule is COc1cc2ncc(C#N)c(N3CCCN(C(=O)COC(N)=O)CC3)c2cc1OC. The highest BCUT2D eigenvalue weighted by Gasteiger charge is 2.24. The van der Waals surface area contributed by atoms with Crippen LogP contribution < -0.4 is 20.1 Å². The van der Waals surface area contributed by atoms with E-state index in [4.69, 9.17) is 15.2 Å². The van der Waals surface area contributed by atoms with E-state index in [1.54, 1.807) is 25.2 Å². The number of nitriles is 1. The average Bonchev–Trinajstić information content (AvgIpc) is 3.01. The van der Waals surface area contributed by atoms with Gasteiger partial charge in [-0.25, -0.2) is 4.79 Å². The van der Waals surface area contributed by atoms with Gasteiger partial charge in [0.2, 0.25) is 0 Å². The summed E-state index contributed by atoms with van der Waals surface area (Å²) in [7, 11) is 3.10. The van der Waals surface area contributed by atoms with Crippen LogP contribution in [0.3, 0.4) is 0 Å². The Morgan fingerprint density at radius 2 is 1.90 bits per heavy atom. The smallest absolute Gasteiger partial charge is 0.405 e.